The molecule has 0 aliphatic carbocycles. The molecular formula is C8H5BrFN3O2. The van der Waals surface area contributed by atoms with Gasteiger partial charge in [-0.15, -0.1) is 0 Å². The molecule has 7 heteroatoms. The number of rotatable bonds is 2. The number of ether oxygens (including phenoxy) is 1. The molecule has 1 rings (SSSR count). The zero-order valence-corrected chi connectivity index (χ0v) is 9.15. The van der Waals surface area contributed by atoms with E-state index in [2.05, 4.69) is 30.7 Å². The quantitative estimate of drug-likeness (QED) is 0.359. The maximum Gasteiger partial charge on any atom is 0.340 e. The Labute approximate surface area is 92.6 Å². The van der Waals surface area contributed by atoms with Crippen molar-refractivity contribution in [2.45, 2.75) is 0 Å². The zero-order chi connectivity index (χ0) is 11.4. The second-order valence-corrected chi connectivity index (χ2v) is 3.38. The van der Waals surface area contributed by atoms with Crippen molar-refractivity contribution in [3.63, 3.8) is 0 Å². The van der Waals surface area contributed by atoms with E-state index >= 15 is 0 Å². The van der Waals surface area contributed by atoms with Gasteiger partial charge in [-0.05, 0) is 17.7 Å². The van der Waals surface area contributed by atoms with Crippen molar-refractivity contribution in [1.29, 1.82) is 0 Å². The molecule has 5 nitrogen and oxygen atoms in total. The van der Waals surface area contributed by atoms with Crippen LogP contribution in [0.5, 0.6) is 0 Å². The number of hydrogen-bond donors (Lipinski definition) is 0. The molecule has 1 aromatic carbocycles. The first-order chi connectivity index (χ1) is 7.10. The van der Waals surface area contributed by atoms with Crippen molar-refractivity contribution < 1.29 is 13.9 Å². The summed E-state index contributed by atoms with van der Waals surface area (Å²) in [5.74, 6) is -1.73. The summed E-state index contributed by atoms with van der Waals surface area (Å²) in [7, 11) is 1.13. The lowest BCUT2D eigenvalue weighted by atomic mass is 10.2. The Morgan fingerprint density at radius 1 is 1.67 bits per heavy atom. The number of carbonyl (C=O) groups is 1. The molecule has 0 heterocycles. The van der Waals surface area contributed by atoms with Gasteiger partial charge in [-0.3, -0.25) is 0 Å². The summed E-state index contributed by atoms with van der Waals surface area (Å²) in [4.78, 5) is 13.6. The van der Waals surface area contributed by atoms with Gasteiger partial charge in [-0.1, -0.05) is 21.0 Å². The Bertz CT molecular complexity index is 457. The lowest BCUT2D eigenvalue weighted by Gasteiger charge is -2.04. The summed E-state index contributed by atoms with van der Waals surface area (Å²) >= 11 is 3.06. The van der Waals surface area contributed by atoms with Gasteiger partial charge in [-0.2, -0.15) is 0 Å². The van der Waals surface area contributed by atoms with Gasteiger partial charge < -0.3 is 4.74 Å². The largest absolute Gasteiger partial charge is 0.465 e. The van der Waals surface area contributed by atoms with Crippen molar-refractivity contribution in [3.8, 4) is 0 Å². The van der Waals surface area contributed by atoms with Crippen LogP contribution in [0.25, 0.3) is 10.4 Å². The fourth-order valence-electron chi connectivity index (χ4n) is 0.954. The van der Waals surface area contributed by atoms with Crippen molar-refractivity contribution in [1.82, 2.24) is 0 Å². The number of benzene rings is 1. The van der Waals surface area contributed by atoms with Gasteiger partial charge >= 0.3 is 5.97 Å². The molecule has 15 heavy (non-hydrogen) atoms. The summed E-state index contributed by atoms with van der Waals surface area (Å²) in [6.07, 6.45) is 0. The number of nitrogens with zero attached hydrogens (tertiary/aromatic N) is 3. The van der Waals surface area contributed by atoms with Gasteiger partial charge in [0.15, 0.2) is 0 Å². The van der Waals surface area contributed by atoms with E-state index in [-0.39, 0.29) is 11.3 Å². The molecule has 0 aliphatic heterocycles. The molecule has 0 fully saturated rings. The van der Waals surface area contributed by atoms with E-state index in [1.54, 1.807) is 0 Å². The lowest BCUT2D eigenvalue weighted by molar-refractivity contribution is 0.0595. The summed E-state index contributed by atoms with van der Waals surface area (Å²) in [6.45, 7) is 0. The van der Waals surface area contributed by atoms with Crippen LogP contribution < -0.4 is 0 Å². The SMILES string of the molecule is COC(=O)c1cc(Br)cc(N=[N+]=[N-])c1F. The predicted molar refractivity (Wildman–Crippen MR) is 54.2 cm³/mol. The highest BCUT2D eigenvalue weighted by molar-refractivity contribution is 9.10. The Morgan fingerprint density at radius 3 is 2.87 bits per heavy atom. The van der Waals surface area contributed by atoms with E-state index in [1.165, 1.54) is 12.1 Å². The number of hydrogen-bond acceptors (Lipinski definition) is 3. The van der Waals surface area contributed by atoms with Crippen LogP contribution in [0.3, 0.4) is 0 Å². The van der Waals surface area contributed by atoms with E-state index in [0.717, 1.165) is 7.11 Å². The van der Waals surface area contributed by atoms with Gasteiger partial charge in [-0.25, -0.2) is 9.18 Å². The average molecular weight is 274 g/mol. The molecule has 0 spiro atoms. The number of azide groups is 1. The highest BCUT2D eigenvalue weighted by Crippen LogP contribution is 2.27. The van der Waals surface area contributed by atoms with E-state index < -0.39 is 11.8 Å². The van der Waals surface area contributed by atoms with Gasteiger partial charge in [0.1, 0.15) is 5.82 Å². The molecule has 0 saturated carbocycles. The minimum absolute atomic E-state index is 0.257. The molecule has 78 valence electrons. The van der Waals surface area contributed by atoms with Crippen molar-refractivity contribution >= 4 is 27.6 Å². The minimum Gasteiger partial charge on any atom is -0.465 e. The lowest BCUT2D eigenvalue weighted by Crippen LogP contribution is -2.04. The molecule has 0 aliphatic rings. The maximum absolute atomic E-state index is 13.5. The summed E-state index contributed by atoms with van der Waals surface area (Å²) < 4.78 is 18.3. The molecule has 0 unspecified atom stereocenters. The average Bonchev–Trinajstić information content (AvgIpc) is 2.22. The molecule has 0 bridgehead atoms. The van der Waals surface area contributed by atoms with Gasteiger partial charge in [0.05, 0.1) is 18.4 Å². The number of methoxy groups -OCH3 is 1. The summed E-state index contributed by atoms with van der Waals surface area (Å²) in [6, 6.07) is 2.51. The Hall–Kier alpha value is -1.59. The highest BCUT2D eigenvalue weighted by atomic mass is 79.9. The third kappa shape index (κ3) is 2.45. The molecule has 0 atom stereocenters. The van der Waals surface area contributed by atoms with E-state index in [9.17, 15) is 9.18 Å². The number of halogens is 2. The zero-order valence-electron chi connectivity index (χ0n) is 7.57. The van der Waals surface area contributed by atoms with Gasteiger partial charge in [0, 0.05) is 9.38 Å². The van der Waals surface area contributed by atoms with Crippen LogP contribution in [0.15, 0.2) is 21.7 Å². The molecule has 0 N–H and O–H groups in total. The van der Waals surface area contributed by atoms with Crippen LogP contribution >= 0.6 is 15.9 Å². The van der Waals surface area contributed by atoms with Crippen LogP contribution in [0.4, 0.5) is 10.1 Å². The first-order valence-electron chi connectivity index (χ1n) is 3.72. The molecule has 0 radical (unpaired) electrons. The topological polar surface area (TPSA) is 75.1 Å². The van der Waals surface area contributed by atoms with E-state index in [4.69, 9.17) is 5.53 Å². The monoisotopic (exact) mass is 273 g/mol. The number of carbonyl (C=O) groups excluding carboxylic acids is 1. The minimum atomic E-state index is -0.900. The van der Waals surface area contributed by atoms with Crippen molar-refractivity contribution in [3.05, 3.63) is 38.4 Å². The standard InChI is InChI=1S/C8H5BrFN3O2/c1-15-8(14)5-2-4(9)3-6(7(5)10)12-13-11/h2-3H,1H3. The van der Waals surface area contributed by atoms with Crippen LogP contribution in [0, 0.1) is 5.82 Å². The Balaban J connectivity index is 3.40. The fourth-order valence-corrected chi connectivity index (χ4v) is 1.40. The number of esters is 1. The van der Waals surface area contributed by atoms with Crippen LogP contribution in [0.1, 0.15) is 10.4 Å². The second-order valence-electron chi connectivity index (χ2n) is 2.47. The van der Waals surface area contributed by atoms with Crippen LogP contribution in [0.2, 0.25) is 0 Å². The second kappa shape index (κ2) is 4.77. The van der Waals surface area contributed by atoms with Gasteiger partial charge in [0.2, 0.25) is 0 Å². The molecule has 0 amide bonds. The molecule has 1 aromatic rings. The molecular weight excluding hydrogens is 269 g/mol. The van der Waals surface area contributed by atoms with Crippen molar-refractivity contribution in [2.24, 2.45) is 5.11 Å². The smallest absolute Gasteiger partial charge is 0.340 e. The highest BCUT2D eigenvalue weighted by Gasteiger charge is 2.16. The fraction of sp³-hybridized carbons (Fsp3) is 0.125. The third-order valence-corrected chi connectivity index (χ3v) is 2.03. The van der Waals surface area contributed by atoms with Gasteiger partial charge in [0.25, 0.3) is 0 Å². The third-order valence-electron chi connectivity index (χ3n) is 1.58. The molecule has 0 saturated heterocycles. The first kappa shape index (κ1) is 11.5. The summed E-state index contributed by atoms with van der Waals surface area (Å²) in [5.41, 5.74) is 7.64. The van der Waals surface area contributed by atoms with E-state index in [0.29, 0.717) is 4.47 Å². The van der Waals surface area contributed by atoms with Crippen molar-refractivity contribution in [2.75, 3.05) is 7.11 Å². The maximum atomic E-state index is 13.5. The van der Waals surface area contributed by atoms with Crippen LogP contribution in [-0.2, 0) is 4.74 Å². The van der Waals surface area contributed by atoms with E-state index in [1.807, 2.05) is 0 Å². The Morgan fingerprint density at radius 2 is 2.33 bits per heavy atom. The normalized spacial score (nSPS) is 9.27. The molecule has 0 aromatic heterocycles. The first-order valence-corrected chi connectivity index (χ1v) is 4.52. The van der Waals surface area contributed by atoms with Crippen LogP contribution in [-0.4, -0.2) is 13.1 Å². The summed E-state index contributed by atoms with van der Waals surface area (Å²) in [5, 5.41) is 3.11. The Kier molecular flexibility index (Phi) is 3.65. The predicted octanol–water partition coefficient (Wildman–Crippen LogP) is 3.32.